The minimum atomic E-state index is -0.361. The standard InChI is InChI=1S/C19H21FN2O3/c20-15-3-1-4-17(11-15)25-19-9-6-14(13-22-19)12-21-18(23)8-7-16-5-2-10-24-16/h1,3-4,6,9,11,13,16H,2,5,7-8,10,12H2,(H,21,23)/t16-/m1/s1. The van der Waals surface area contributed by atoms with E-state index in [1.165, 1.54) is 12.1 Å². The number of benzene rings is 1. The summed E-state index contributed by atoms with van der Waals surface area (Å²) in [5.41, 5.74) is 0.872. The van der Waals surface area contributed by atoms with Gasteiger partial charge in [-0.25, -0.2) is 9.37 Å². The lowest BCUT2D eigenvalue weighted by atomic mass is 10.1. The van der Waals surface area contributed by atoms with Crippen LogP contribution in [0.4, 0.5) is 4.39 Å². The zero-order valence-corrected chi connectivity index (χ0v) is 13.9. The summed E-state index contributed by atoms with van der Waals surface area (Å²) in [6.07, 6.45) is 5.23. The lowest BCUT2D eigenvalue weighted by Gasteiger charge is -2.10. The number of halogens is 1. The lowest BCUT2D eigenvalue weighted by molar-refractivity contribution is -0.121. The number of carbonyl (C=O) groups is 1. The van der Waals surface area contributed by atoms with Gasteiger partial charge >= 0.3 is 0 Å². The molecule has 3 rings (SSSR count). The Morgan fingerprint density at radius 1 is 1.36 bits per heavy atom. The summed E-state index contributed by atoms with van der Waals surface area (Å²) in [6, 6.07) is 9.40. The molecule has 0 saturated carbocycles. The van der Waals surface area contributed by atoms with Gasteiger partial charge in [0.2, 0.25) is 11.8 Å². The van der Waals surface area contributed by atoms with Crippen LogP contribution in [0.1, 0.15) is 31.2 Å². The number of aromatic nitrogens is 1. The Morgan fingerprint density at radius 3 is 3.00 bits per heavy atom. The minimum Gasteiger partial charge on any atom is -0.439 e. The Hall–Kier alpha value is -2.47. The van der Waals surface area contributed by atoms with Crippen LogP contribution in [0.15, 0.2) is 42.6 Å². The molecule has 2 aromatic rings. The molecule has 0 radical (unpaired) electrons. The molecule has 1 atom stereocenters. The molecule has 6 heteroatoms. The SMILES string of the molecule is O=C(CC[C@H]1CCCO1)NCc1ccc(Oc2cccc(F)c2)nc1. The molecular weight excluding hydrogens is 323 g/mol. The van der Waals surface area contributed by atoms with Gasteiger partial charge in [-0.2, -0.15) is 0 Å². The summed E-state index contributed by atoms with van der Waals surface area (Å²) >= 11 is 0. The molecule has 1 N–H and O–H groups in total. The van der Waals surface area contributed by atoms with Gasteiger partial charge in [0.05, 0.1) is 6.10 Å². The quantitative estimate of drug-likeness (QED) is 0.834. The summed E-state index contributed by atoms with van der Waals surface area (Å²) in [5, 5.41) is 2.87. The van der Waals surface area contributed by atoms with Crippen molar-refractivity contribution in [2.75, 3.05) is 6.61 Å². The first-order chi connectivity index (χ1) is 12.2. The molecule has 1 aromatic heterocycles. The van der Waals surface area contributed by atoms with Crippen molar-refractivity contribution in [2.24, 2.45) is 0 Å². The molecule has 0 unspecified atom stereocenters. The predicted molar refractivity (Wildman–Crippen MR) is 90.8 cm³/mol. The van der Waals surface area contributed by atoms with Crippen molar-refractivity contribution in [3.8, 4) is 11.6 Å². The van der Waals surface area contributed by atoms with Crippen molar-refractivity contribution < 1.29 is 18.7 Å². The second kappa shape index (κ2) is 8.58. The van der Waals surface area contributed by atoms with E-state index in [4.69, 9.17) is 9.47 Å². The Balaban J connectivity index is 1.43. The van der Waals surface area contributed by atoms with Crippen LogP contribution in [-0.2, 0) is 16.1 Å². The molecule has 0 spiro atoms. The molecule has 2 heterocycles. The highest BCUT2D eigenvalue weighted by atomic mass is 19.1. The van der Waals surface area contributed by atoms with Crippen molar-refractivity contribution in [3.05, 3.63) is 54.0 Å². The van der Waals surface area contributed by atoms with E-state index in [-0.39, 0.29) is 17.8 Å². The maximum Gasteiger partial charge on any atom is 0.220 e. The zero-order chi connectivity index (χ0) is 17.5. The predicted octanol–water partition coefficient (Wildman–Crippen LogP) is 3.59. The summed E-state index contributed by atoms with van der Waals surface area (Å²) in [7, 11) is 0. The zero-order valence-electron chi connectivity index (χ0n) is 13.9. The Morgan fingerprint density at radius 2 is 2.28 bits per heavy atom. The number of carbonyl (C=O) groups excluding carboxylic acids is 1. The fourth-order valence-electron chi connectivity index (χ4n) is 2.68. The third-order valence-electron chi connectivity index (χ3n) is 4.02. The monoisotopic (exact) mass is 344 g/mol. The highest BCUT2D eigenvalue weighted by Gasteiger charge is 2.16. The molecule has 1 aliphatic heterocycles. The first-order valence-corrected chi connectivity index (χ1v) is 8.46. The van der Waals surface area contributed by atoms with Gasteiger partial charge in [0.15, 0.2) is 0 Å². The molecule has 0 bridgehead atoms. The second-order valence-electron chi connectivity index (χ2n) is 6.01. The molecule has 132 valence electrons. The molecule has 0 aliphatic carbocycles. The largest absolute Gasteiger partial charge is 0.439 e. The number of nitrogens with one attached hydrogen (secondary N) is 1. The van der Waals surface area contributed by atoms with E-state index in [9.17, 15) is 9.18 Å². The van der Waals surface area contributed by atoms with Crippen LogP contribution in [0.25, 0.3) is 0 Å². The van der Waals surface area contributed by atoms with E-state index < -0.39 is 0 Å². The van der Waals surface area contributed by atoms with Crippen molar-refractivity contribution >= 4 is 5.91 Å². The third-order valence-corrected chi connectivity index (χ3v) is 4.02. The molecule has 1 fully saturated rings. The van der Waals surface area contributed by atoms with Crippen molar-refractivity contribution in [1.82, 2.24) is 10.3 Å². The van der Waals surface area contributed by atoms with E-state index in [1.54, 1.807) is 24.4 Å². The highest BCUT2D eigenvalue weighted by Crippen LogP contribution is 2.20. The van der Waals surface area contributed by atoms with Gasteiger partial charge in [-0.3, -0.25) is 4.79 Å². The van der Waals surface area contributed by atoms with Crippen LogP contribution in [-0.4, -0.2) is 23.6 Å². The molecule has 5 nitrogen and oxygen atoms in total. The normalized spacial score (nSPS) is 16.6. The minimum absolute atomic E-state index is 0.00980. The summed E-state index contributed by atoms with van der Waals surface area (Å²) in [6.45, 7) is 1.22. The van der Waals surface area contributed by atoms with E-state index in [0.717, 1.165) is 31.4 Å². The molecule has 1 aromatic carbocycles. The molecule has 1 amide bonds. The van der Waals surface area contributed by atoms with Crippen LogP contribution in [0.5, 0.6) is 11.6 Å². The summed E-state index contributed by atoms with van der Waals surface area (Å²) in [5.74, 6) is 0.414. The molecular formula is C19H21FN2O3. The van der Waals surface area contributed by atoms with Crippen LogP contribution in [0.2, 0.25) is 0 Å². The molecule has 25 heavy (non-hydrogen) atoms. The van der Waals surface area contributed by atoms with E-state index in [1.807, 2.05) is 6.07 Å². The fraction of sp³-hybridized carbons (Fsp3) is 0.368. The smallest absolute Gasteiger partial charge is 0.220 e. The maximum absolute atomic E-state index is 13.1. The van der Waals surface area contributed by atoms with Crippen LogP contribution in [0.3, 0.4) is 0 Å². The van der Waals surface area contributed by atoms with Crippen molar-refractivity contribution in [3.63, 3.8) is 0 Å². The van der Waals surface area contributed by atoms with Crippen LogP contribution < -0.4 is 10.1 Å². The van der Waals surface area contributed by atoms with E-state index >= 15 is 0 Å². The van der Waals surface area contributed by atoms with Gasteiger partial charge in [0.1, 0.15) is 11.6 Å². The van der Waals surface area contributed by atoms with Gasteiger partial charge in [-0.15, -0.1) is 0 Å². The van der Waals surface area contributed by atoms with Gasteiger partial charge < -0.3 is 14.8 Å². The number of ether oxygens (including phenoxy) is 2. The fourth-order valence-corrected chi connectivity index (χ4v) is 2.68. The van der Waals surface area contributed by atoms with Crippen LogP contribution >= 0.6 is 0 Å². The first kappa shape index (κ1) is 17.4. The molecule has 1 saturated heterocycles. The number of rotatable bonds is 7. The highest BCUT2D eigenvalue weighted by molar-refractivity contribution is 5.75. The summed E-state index contributed by atoms with van der Waals surface area (Å²) < 4.78 is 24.1. The third kappa shape index (κ3) is 5.53. The molecule has 1 aliphatic rings. The first-order valence-electron chi connectivity index (χ1n) is 8.46. The van der Waals surface area contributed by atoms with Gasteiger partial charge in [-0.05, 0) is 37.0 Å². The number of hydrogen-bond donors (Lipinski definition) is 1. The van der Waals surface area contributed by atoms with Crippen LogP contribution in [0, 0.1) is 5.82 Å². The summed E-state index contributed by atoms with van der Waals surface area (Å²) in [4.78, 5) is 16.0. The maximum atomic E-state index is 13.1. The van der Waals surface area contributed by atoms with E-state index in [2.05, 4.69) is 10.3 Å². The van der Waals surface area contributed by atoms with Gasteiger partial charge in [0, 0.05) is 37.9 Å². The van der Waals surface area contributed by atoms with E-state index in [0.29, 0.717) is 24.6 Å². The van der Waals surface area contributed by atoms with Gasteiger partial charge in [-0.1, -0.05) is 12.1 Å². The lowest BCUT2D eigenvalue weighted by Crippen LogP contribution is -2.23. The number of pyridine rings is 1. The van der Waals surface area contributed by atoms with Gasteiger partial charge in [0.25, 0.3) is 0 Å². The second-order valence-corrected chi connectivity index (χ2v) is 6.01. The Kier molecular flexibility index (Phi) is 5.95. The number of nitrogens with zero attached hydrogens (tertiary/aromatic N) is 1. The number of hydrogen-bond acceptors (Lipinski definition) is 4. The van der Waals surface area contributed by atoms with Crippen molar-refractivity contribution in [2.45, 2.75) is 38.3 Å². The number of amides is 1. The average Bonchev–Trinajstić information content (AvgIpc) is 3.13. The Labute approximate surface area is 146 Å². The topological polar surface area (TPSA) is 60.5 Å². The average molecular weight is 344 g/mol. The Bertz CT molecular complexity index is 700. The van der Waals surface area contributed by atoms with Crippen molar-refractivity contribution in [1.29, 1.82) is 0 Å².